The van der Waals surface area contributed by atoms with Crippen LogP contribution < -0.4 is 11.1 Å². The van der Waals surface area contributed by atoms with Gasteiger partial charge in [-0.1, -0.05) is 6.92 Å². The zero-order chi connectivity index (χ0) is 17.1. The highest BCUT2D eigenvalue weighted by molar-refractivity contribution is 7.08. The Balaban J connectivity index is 1.98. The number of primary amides is 1. The Kier molecular flexibility index (Phi) is 4.57. The summed E-state index contributed by atoms with van der Waals surface area (Å²) in [6.07, 6.45) is 0.831. The molecular weight excluding hydrogens is 320 g/mol. The molecule has 1 amide bonds. The van der Waals surface area contributed by atoms with Crippen molar-refractivity contribution in [2.75, 3.05) is 5.32 Å². The van der Waals surface area contributed by atoms with Crippen molar-refractivity contribution in [3.05, 3.63) is 57.9 Å². The molecule has 0 aliphatic carbocycles. The molecule has 122 valence electrons. The van der Waals surface area contributed by atoms with E-state index in [2.05, 4.69) is 17.2 Å². The molecule has 0 aliphatic heterocycles. The van der Waals surface area contributed by atoms with Gasteiger partial charge in [0.1, 0.15) is 5.82 Å². The second kappa shape index (κ2) is 6.80. The summed E-state index contributed by atoms with van der Waals surface area (Å²) in [5.41, 5.74) is 9.66. The van der Waals surface area contributed by atoms with Gasteiger partial charge in [-0.3, -0.25) is 4.79 Å². The average Bonchev–Trinajstić information content (AvgIpc) is 3.09. The van der Waals surface area contributed by atoms with E-state index < -0.39 is 5.91 Å². The first-order chi connectivity index (χ1) is 11.6. The van der Waals surface area contributed by atoms with Gasteiger partial charge in [-0.2, -0.15) is 11.3 Å². The Morgan fingerprint density at radius 2 is 1.96 bits per heavy atom. The number of aromatic nitrogens is 2. The second-order valence-electron chi connectivity index (χ2n) is 5.39. The molecule has 0 saturated carbocycles. The van der Waals surface area contributed by atoms with Crippen molar-refractivity contribution >= 4 is 28.7 Å². The van der Waals surface area contributed by atoms with E-state index in [1.807, 2.05) is 35.9 Å². The van der Waals surface area contributed by atoms with Crippen molar-refractivity contribution < 1.29 is 4.79 Å². The number of anilines is 2. The number of amides is 1. The number of rotatable bonds is 5. The van der Waals surface area contributed by atoms with Crippen LogP contribution in [0.4, 0.5) is 11.5 Å². The number of thiophene rings is 1. The molecule has 5 nitrogen and oxygen atoms in total. The minimum absolute atomic E-state index is 0.437. The van der Waals surface area contributed by atoms with Gasteiger partial charge in [0.15, 0.2) is 5.82 Å². The summed E-state index contributed by atoms with van der Waals surface area (Å²) in [6, 6.07) is 9.05. The van der Waals surface area contributed by atoms with Crippen LogP contribution in [-0.4, -0.2) is 15.9 Å². The van der Waals surface area contributed by atoms with Crippen molar-refractivity contribution in [3.8, 4) is 11.4 Å². The van der Waals surface area contributed by atoms with Gasteiger partial charge in [0, 0.05) is 33.5 Å². The molecule has 2 aromatic heterocycles. The number of nitrogens with one attached hydrogen (secondary N) is 1. The zero-order valence-corrected chi connectivity index (χ0v) is 14.4. The maximum atomic E-state index is 11.2. The van der Waals surface area contributed by atoms with E-state index in [-0.39, 0.29) is 0 Å². The third-order valence-electron chi connectivity index (χ3n) is 3.78. The van der Waals surface area contributed by atoms with Gasteiger partial charge in [0.2, 0.25) is 5.91 Å². The minimum Gasteiger partial charge on any atom is -0.366 e. The predicted octanol–water partition coefficient (Wildman–Crippen LogP) is 3.92. The van der Waals surface area contributed by atoms with Gasteiger partial charge in [-0.25, -0.2) is 9.97 Å². The van der Waals surface area contributed by atoms with Crippen LogP contribution in [0.1, 0.15) is 28.5 Å². The Morgan fingerprint density at radius 3 is 2.54 bits per heavy atom. The smallest absolute Gasteiger partial charge is 0.248 e. The van der Waals surface area contributed by atoms with Crippen LogP contribution in [-0.2, 0) is 6.42 Å². The number of hydrogen-bond acceptors (Lipinski definition) is 5. The monoisotopic (exact) mass is 338 g/mol. The molecule has 0 unspecified atom stereocenters. The summed E-state index contributed by atoms with van der Waals surface area (Å²) in [4.78, 5) is 20.5. The van der Waals surface area contributed by atoms with Gasteiger partial charge >= 0.3 is 0 Å². The molecule has 6 heteroatoms. The maximum Gasteiger partial charge on any atom is 0.248 e. The van der Waals surface area contributed by atoms with Crippen LogP contribution >= 0.6 is 11.3 Å². The Bertz CT molecular complexity index is 857. The van der Waals surface area contributed by atoms with Crippen LogP contribution in [0.15, 0.2) is 41.1 Å². The van der Waals surface area contributed by atoms with Gasteiger partial charge in [0.25, 0.3) is 0 Å². The second-order valence-corrected chi connectivity index (χ2v) is 6.17. The van der Waals surface area contributed by atoms with Gasteiger partial charge in [-0.15, -0.1) is 0 Å². The molecular formula is C18H18N4OS. The van der Waals surface area contributed by atoms with E-state index in [4.69, 9.17) is 10.7 Å². The number of nitrogens with zero attached hydrogens (tertiary/aromatic N) is 2. The van der Waals surface area contributed by atoms with Crippen molar-refractivity contribution in [1.29, 1.82) is 0 Å². The molecule has 0 bridgehead atoms. The molecule has 0 fully saturated rings. The third-order valence-corrected chi connectivity index (χ3v) is 4.46. The average molecular weight is 338 g/mol. The molecule has 0 saturated heterocycles. The maximum absolute atomic E-state index is 11.2. The number of aryl methyl sites for hydroxylation is 1. The van der Waals surface area contributed by atoms with Gasteiger partial charge in [-0.05, 0) is 49.1 Å². The summed E-state index contributed by atoms with van der Waals surface area (Å²) in [6.45, 7) is 4.08. The molecule has 3 N–H and O–H groups in total. The molecule has 2 heterocycles. The molecule has 0 spiro atoms. The van der Waals surface area contributed by atoms with Crippen molar-refractivity contribution in [2.24, 2.45) is 5.73 Å². The Labute approximate surface area is 144 Å². The van der Waals surface area contributed by atoms with Crippen LogP contribution in [0.5, 0.6) is 0 Å². The van der Waals surface area contributed by atoms with Gasteiger partial charge < -0.3 is 11.1 Å². The zero-order valence-electron chi connectivity index (χ0n) is 13.5. The number of carbonyl (C=O) groups is 1. The van der Waals surface area contributed by atoms with E-state index in [1.54, 1.807) is 23.5 Å². The van der Waals surface area contributed by atoms with Crippen molar-refractivity contribution in [3.63, 3.8) is 0 Å². The lowest BCUT2D eigenvalue weighted by molar-refractivity contribution is 0.100. The predicted molar refractivity (Wildman–Crippen MR) is 97.7 cm³/mol. The first kappa shape index (κ1) is 16.1. The topological polar surface area (TPSA) is 80.9 Å². The largest absolute Gasteiger partial charge is 0.366 e. The molecule has 3 aromatic rings. The lowest BCUT2D eigenvalue weighted by atomic mass is 10.1. The SMILES string of the molecule is CCc1c(C)nc(-c2ccsc2)nc1Nc1ccc(C(N)=O)cc1. The van der Waals surface area contributed by atoms with E-state index >= 15 is 0 Å². The van der Waals surface area contributed by atoms with E-state index in [0.29, 0.717) is 11.4 Å². The van der Waals surface area contributed by atoms with Crippen molar-refractivity contribution in [2.45, 2.75) is 20.3 Å². The fourth-order valence-electron chi connectivity index (χ4n) is 2.50. The van der Waals surface area contributed by atoms with Crippen LogP contribution in [0, 0.1) is 6.92 Å². The summed E-state index contributed by atoms with van der Waals surface area (Å²) in [7, 11) is 0. The molecule has 1 aromatic carbocycles. The highest BCUT2D eigenvalue weighted by Gasteiger charge is 2.12. The normalized spacial score (nSPS) is 10.6. The highest BCUT2D eigenvalue weighted by atomic mass is 32.1. The fraction of sp³-hybridized carbons (Fsp3) is 0.167. The number of carbonyl (C=O) groups excluding carboxylic acids is 1. The van der Waals surface area contributed by atoms with E-state index in [0.717, 1.165) is 34.7 Å². The van der Waals surface area contributed by atoms with E-state index in [9.17, 15) is 4.79 Å². The Morgan fingerprint density at radius 1 is 1.21 bits per heavy atom. The van der Waals surface area contributed by atoms with Crippen molar-refractivity contribution in [1.82, 2.24) is 9.97 Å². The summed E-state index contributed by atoms with van der Waals surface area (Å²) >= 11 is 1.62. The standard InChI is InChI=1S/C18H18N4OS/c1-3-15-11(2)20-17(13-8-9-24-10-13)22-18(15)21-14-6-4-12(5-7-14)16(19)23/h4-10H,3H2,1-2H3,(H2,19,23)(H,20,21,22). The molecule has 3 rings (SSSR count). The number of benzene rings is 1. The third kappa shape index (κ3) is 3.28. The fourth-order valence-corrected chi connectivity index (χ4v) is 3.13. The molecule has 24 heavy (non-hydrogen) atoms. The minimum atomic E-state index is -0.437. The quantitative estimate of drug-likeness (QED) is 0.739. The lowest BCUT2D eigenvalue weighted by Crippen LogP contribution is -2.10. The molecule has 0 radical (unpaired) electrons. The van der Waals surface area contributed by atoms with E-state index in [1.165, 1.54) is 0 Å². The van der Waals surface area contributed by atoms with Gasteiger partial charge in [0.05, 0.1) is 0 Å². The highest BCUT2D eigenvalue weighted by Crippen LogP contribution is 2.26. The van der Waals surface area contributed by atoms with Crippen LogP contribution in [0.3, 0.4) is 0 Å². The lowest BCUT2D eigenvalue weighted by Gasteiger charge is -2.14. The molecule has 0 aliphatic rings. The summed E-state index contributed by atoms with van der Waals surface area (Å²) < 4.78 is 0. The number of nitrogens with two attached hydrogens (primary N) is 1. The Hall–Kier alpha value is -2.73. The summed E-state index contributed by atoms with van der Waals surface area (Å²) in [5.74, 6) is 1.06. The number of hydrogen-bond donors (Lipinski definition) is 2. The van der Waals surface area contributed by atoms with Crippen LogP contribution in [0.2, 0.25) is 0 Å². The first-order valence-electron chi connectivity index (χ1n) is 7.65. The van der Waals surface area contributed by atoms with Crippen LogP contribution in [0.25, 0.3) is 11.4 Å². The first-order valence-corrected chi connectivity index (χ1v) is 8.59. The summed E-state index contributed by atoms with van der Waals surface area (Å²) in [5, 5.41) is 7.38. The molecule has 0 atom stereocenters.